The number of carbonyl (C=O) groups is 1. The van der Waals surface area contributed by atoms with Gasteiger partial charge in [0.25, 0.3) is 5.91 Å². The molecule has 1 amide bonds. The second kappa shape index (κ2) is 11.2. The lowest BCUT2D eigenvalue weighted by Crippen LogP contribution is -2.60. The number of methoxy groups -OCH3 is 1. The molecule has 1 atom stereocenters. The van der Waals surface area contributed by atoms with Gasteiger partial charge in [-0.2, -0.15) is 13.7 Å². The van der Waals surface area contributed by atoms with Crippen LogP contribution in [0, 0.1) is 0 Å². The first-order valence-electron chi connectivity index (χ1n) is 11.3. The fourth-order valence-electron chi connectivity index (χ4n) is 3.94. The fraction of sp³-hybridized carbons (Fsp3) is 0.200. The Hall–Kier alpha value is -3.58. The largest absolute Gasteiger partial charge is 0.496 e. The van der Waals surface area contributed by atoms with Gasteiger partial charge in [0.2, 0.25) is 20.0 Å². The van der Waals surface area contributed by atoms with E-state index in [-0.39, 0.29) is 29.4 Å². The van der Waals surface area contributed by atoms with E-state index in [9.17, 15) is 21.6 Å². The first kappa shape index (κ1) is 26.5. The van der Waals surface area contributed by atoms with Crippen molar-refractivity contribution in [1.82, 2.24) is 14.0 Å². The number of amides is 1. The van der Waals surface area contributed by atoms with Crippen LogP contribution in [0.1, 0.15) is 5.56 Å². The van der Waals surface area contributed by atoms with Crippen LogP contribution in [0.4, 0.5) is 0 Å². The van der Waals surface area contributed by atoms with E-state index in [0.717, 1.165) is 8.61 Å². The third-order valence-electron chi connectivity index (χ3n) is 5.84. The SMILES string of the molecule is COc1ccccc1/C=N\NC(=O)[C@H]1CN(S(=O)(=O)c2ccccc2)CCN1S(=O)(=O)c1ccccc1. The van der Waals surface area contributed by atoms with Crippen molar-refractivity contribution in [3.05, 3.63) is 90.5 Å². The first-order chi connectivity index (χ1) is 17.7. The van der Waals surface area contributed by atoms with E-state index >= 15 is 0 Å². The molecule has 1 heterocycles. The summed E-state index contributed by atoms with van der Waals surface area (Å²) < 4.78 is 60.7. The average molecular weight is 543 g/mol. The summed E-state index contributed by atoms with van der Waals surface area (Å²) in [6, 6.07) is 21.1. The number of hydrazone groups is 1. The molecule has 1 fully saturated rings. The zero-order valence-corrected chi connectivity index (χ0v) is 21.6. The third kappa shape index (κ3) is 5.72. The van der Waals surface area contributed by atoms with E-state index < -0.39 is 32.0 Å². The van der Waals surface area contributed by atoms with Gasteiger partial charge in [0.1, 0.15) is 11.8 Å². The molecule has 1 aliphatic rings. The normalized spacial score (nSPS) is 17.5. The van der Waals surface area contributed by atoms with Gasteiger partial charge in [0, 0.05) is 25.2 Å². The van der Waals surface area contributed by atoms with Crippen LogP contribution in [0.5, 0.6) is 5.75 Å². The lowest BCUT2D eigenvalue weighted by molar-refractivity contribution is -0.125. The summed E-state index contributed by atoms with van der Waals surface area (Å²) in [6.07, 6.45) is 1.37. The molecule has 0 aromatic heterocycles. The molecule has 1 aliphatic heterocycles. The van der Waals surface area contributed by atoms with Crippen molar-refractivity contribution < 1.29 is 26.4 Å². The predicted octanol–water partition coefficient (Wildman–Crippen LogP) is 1.91. The van der Waals surface area contributed by atoms with Crippen LogP contribution in [-0.4, -0.2) is 70.4 Å². The van der Waals surface area contributed by atoms with E-state index in [0.29, 0.717) is 11.3 Å². The summed E-state index contributed by atoms with van der Waals surface area (Å²) in [5.41, 5.74) is 2.96. The number of nitrogens with zero attached hydrogens (tertiary/aromatic N) is 3. The quantitative estimate of drug-likeness (QED) is 0.342. The van der Waals surface area contributed by atoms with Gasteiger partial charge in [0.15, 0.2) is 0 Å². The predicted molar refractivity (Wildman–Crippen MR) is 138 cm³/mol. The van der Waals surface area contributed by atoms with Crippen LogP contribution in [0.25, 0.3) is 0 Å². The van der Waals surface area contributed by atoms with Crippen molar-refractivity contribution in [2.24, 2.45) is 5.10 Å². The van der Waals surface area contributed by atoms with Crippen LogP contribution < -0.4 is 10.2 Å². The lowest BCUT2D eigenvalue weighted by Gasteiger charge is -2.38. The summed E-state index contributed by atoms with van der Waals surface area (Å²) in [6.45, 7) is -0.700. The zero-order chi connectivity index (χ0) is 26.5. The van der Waals surface area contributed by atoms with Gasteiger partial charge in [0.05, 0.1) is 23.1 Å². The van der Waals surface area contributed by atoms with Crippen LogP contribution >= 0.6 is 0 Å². The van der Waals surface area contributed by atoms with Crippen molar-refractivity contribution in [2.45, 2.75) is 15.8 Å². The number of nitrogens with one attached hydrogen (secondary N) is 1. The first-order valence-corrected chi connectivity index (χ1v) is 14.2. The number of para-hydroxylation sites is 1. The van der Waals surface area contributed by atoms with Crippen molar-refractivity contribution in [1.29, 1.82) is 0 Å². The Balaban J connectivity index is 1.63. The van der Waals surface area contributed by atoms with Crippen molar-refractivity contribution in [3.8, 4) is 5.75 Å². The van der Waals surface area contributed by atoms with Crippen LogP contribution in [0.3, 0.4) is 0 Å². The molecule has 0 spiro atoms. The van der Waals surface area contributed by atoms with E-state index in [1.54, 1.807) is 60.7 Å². The van der Waals surface area contributed by atoms with E-state index in [1.807, 2.05) is 0 Å². The number of hydrogen-bond donors (Lipinski definition) is 1. The number of ether oxygens (including phenoxy) is 1. The summed E-state index contributed by atoms with van der Waals surface area (Å²) in [4.78, 5) is 13.3. The monoisotopic (exact) mass is 542 g/mol. The minimum atomic E-state index is -4.10. The molecule has 3 aromatic rings. The highest BCUT2D eigenvalue weighted by atomic mass is 32.2. The third-order valence-corrected chi connectivity index (χ3v) is 9.65. The summed E-state index contributed by atoms with van der Waals surface area (Å²) in [7, 11) is -6.55. The van der Waals surface area contributed by atoms with Gasteiger partial charge in [-0.05, 0) is 36.4 Å². The molecule has 0 aliphatic carbocycles. The van der Waals surface area contributed by atoms with E-state index in [1.165, 1.54) is 37.6 Å². The van der Waals surface area contributed by atoms with Crippen LogP contribution in [0.2, 0.25) is 0 Å². The molecule has 0 unspecified atom stereocenters. The highest BCUT2D eigenvalue weighted by Gasteiger charge is 2.43. The minimum Gasteiger partial charge on any atom is -0.496 e. The molecule has 12 heteroatoms. The van der Waals surface area contributed by atoms with Gasteiger partial charge in [-0.15, -0.1) is 0 Å². The molecule has 4 rings (SSSR count). The zero-order valence-electron chi connectivity index (χ0n) is 20.0. The Bertz CT molecular complexity index is 1480. The number of benzene rings is 3. The average Bonchev–Trinajstić information content (AvgIpc) is 2.93. The highest BCUT2D eigenvalue weighted by molar-refractivity contribution is 7.89. The maximum Gasteiger partial charge on any atom is 0.259 e. The van der Waals surface area contributed by atoms with Crippen molar-refractivity contribution in [3.63, 3.8) is 0 Å². The van der Waals surface area contributed by atoms with Crippen molar-refractivity contribution in [2.75, 3.05) is 26.7 Å². The molecule has 1 saturated heterocycles. The van der Waals surface area contributed by atoms with E-state index in [4.69, 9.17) is 4.74 Å². The van der Waals surface area contributed by atoms with Gasteiger partial charge in [-0.1, -0.05) is 48.5 Å². The topological polar surface area (TPSA) is 125 Å². The molecular formula is C25H26N4O6S2. The Morgan fingerprint density at radius 3 is 2.05 bits per heavy atom. The second-order valence-electron chi connectivity index (χ2n) is 8.10. The lowest BCUT2D eigenvalue weighted by atomic mass is 10.2. The second-order valence-corrected chi connectivity index (χ2v) is 11.9. The molecule has 3 aromatic carbocycles. The molecule has 0 radical (unpaired) electrons. The minimum absolute atomic E-state index is 0.00434. The van der Waals surface area contributed by atoms with E-state index in [2.05, 4.69) is 10.5 Å². The van der Waals surface area contributed by atoms with Crippen LogP contribution in [-0.2, 0) is 24.8 Å². The number of hydrogen-bond acceptors (Lipinski definition) is 7. The fourth-order valence-corrected chi connectivity index (χ4v) is 6.99. The molecule has 37 heavy (non-hydrogen) atoms. The Labute approximate surface area is 216 Å². The van der Waals surface area contributed by atoms with Crippen molar-refractivity contribution >= 4 is 32.2 Å². The molecular weight excluding hydrogens is 516 g/mol. The maximum absolute atomic E-state index is 13.4. The number of piperazine rings is 1. The Kier molecular flexibility index (Phi) is 8.03. The summed E-state index contributed by atoms with van der Waals surface area (Å²) in [5.74, 6) is -0.231. The standard InChI is InChI=1S/C25H26N4O6S2/c1-35-24-15-9-8-10-20(24)18-26-27-25(30)23-19-28(36(31,32)21-11-4-2-5-12-21)16-17-29(23)37(33,34)22-13-6-3-7-14-22/h2-15,18,23H,16-17,19H2,1H3,(H,27,30)/b26-18-/t23-/m1/s1. The smallest absolute Gasteiger partial charge is 0.259 e. The molecule has 10 nitrogen and oxygen atoms in total. The summed E-state index contributed by atoms with van der Waals surface area (Å²) >= 11 is 0. The molecule has 0 saturated carbocycles. The van der Waals surface area contributed by atoms with Gasteiger partial charge >= 0.3 is 0 Å². The molecule has 0 bridgehead atoms. The van der Waals surface area contributed by atoms with Gasteiger partial charge in [-0.25, -0.2) is 22.3 Å². The number of sulfonamides is 2. The molecule has 1 N–H and O–H groups in total. The number of rotatable bonds is 8. The van der Waals surface area contributed by atoms with Crippen LogP contribution in [0.15, 0.2) is 99.8 Å². The highest BCUT2D eigenvalue weighted by Crippen LogP contribution is 2.25. The van der Waals surface area contributed by atoms with Gasteiger partial charge in [-0.3, -0.25) is 4.79 Å². The Morgan fingerprint density at radius 2 is 1.43 bits per heavy atom. The Morgan fingerprint density at radius 1 is 0.865 bits per heavy atom. The maximum atomic E-state index is 13.4. The summed E-state index contributed by atoms with van der Waals surface area (Å²) in [5, 5.41) is 3.97. The van der Waals surface area contributed by atoms with Gasteiger partial charge < -0.3 is 4.74 Å². The number of carbonyl (C=O) groups excluding carboxylic acids is 1. The molecule has 194 valence electrons.